The lowest BCUT2D eigenvalue weighted by atomic mass is 10.2. The van der Waals surface area contributed by atoms with E-state index in [0.717, 1.165) is 6.54 Å². The van der Waals surface area contributed by atoms with E-state index in [9.17, 15) is 5.11 Å². The topological polar surface area (TPSA) is 41.5 Å². The first-order valence-corrected chi connectivity index (χ1v) is 3.74. The van der Waals surface area contributed by atoms with Gasteiger partial charge in [0.05, 0.1) is 18.3 Å². The Hall–Kier alpha value is 0.170. The molecule has 2 atom stereocenters. The fraction of sp³-hybridized carbons (Fsp3) is 1.00. The van der Waals surface area contributed by atoms with Crippen molar-refractivity contribution in [1.29, 1.82) is 0 Å². The lowest BCUT2D eigenvalue weighted by molar-refractivity contribution is -0.0388. The Morgan fingerprint density at radius 2 is 2.09 bits per heavy atom. The van der Waals surface area contributed by atoms with Crippen molar-refractivity contribution in [2.45, 2.75) is 32.2 Å². The van der Waals surface area contributed by atoms with Crippen molar-refractivity contribution in [3.8, 4) is 0 Å². The Kier molecular flexibility index (Phi) is 5.01. The van der Waals surface area contributed by atoms with Gasteiger partial charge in [0.1, 0.15) is 0 Å². The molecule has 68 valence electrons. The van der Waals surface area contributed by atoms with Crippen molar-refractivity contribution in [1.82, 2.24) is 5.32 Å². The first-order valence-electron chi connectivity index (χ1n) is 3.74. The van der Waals surface area contributed by atoms with Gasteiger partial charge >= 0.3 is 0 Å². The molecule has 3 nitrogen and oxygen atoms in total. The van der Waals surface area contributed by atoms with Gasteiger partial charge in [-0.15, -0.1) is 12.4 Å². The molecule has 1 heterocycles. The van der Waals surface area contributed by atoms with E-state index >= 15 is 0 Å². The number of β-amino-alcohol motifs (C(OH)–C–C–N with tert-alkyl or cyclic N) is 1. The summed E-state index contributed by atoms with van der Waals surface area (Å²) in [4.78, 5) is 0. The van der Waals surface area contributed by atoms with Crippen LogP contribution in [0.25, 0.3) is 0 Å². The average Bonchev–Trinajstić information content (AvgIpc) is 2.15. The van der Waals surface area contributed by atoms with Gasteiger partial charge in [-0.25, -0.2) is 0 Å². The molecule has 0 bridgehead atoms. The number of halogens is 1. The molecule has 0 aromatic heterocycles. The molecule has 0 radical (unpaired) electrons. The number of hydrogen-bond acceptors (Lipinski definition) is 3. The Morgan fingerprint density at radius 3 is 2.45 bits per heavy atom. The van der Waals surface area contributed by atoms with Crippen LogP contribution in [0.15, 0.2) is 0 Å². The van der Waals surface area contributed by atoms with Gasteiger partial charge in [0, 0.05) is 13.1 Å². The van der Waals surface area contributed by atoms with Gasteiger partial charge in [0.15, 0.2) is 0 Å². The quantitative estimate of drug-likeness (QED) is 0.638. The van der Waals surface area contributed by atoms with E-state index < -0.39 is 0 Å². The minimum atomic E-state index is -0.317. The molecule has 1 aliphatic rings. The summed E-state index contributed by atoms with van der Waals surface area (Å²) in [6.07, 6.45) is -0.109. The van der Waals surface area contributed by atoms with Crippen LogP contribution in [0.3, 0.4) is 0 Å². The normalized spacial score (nSPS) is 30.5. The summed E-state index contributed by atoms with van der Waals surface area (Å²) in [7, 11) is 0. The molecular weight excluding hydrogens is 166 g/mol. The molecule has 0 amide bonds. The van der Waals surface area contributed by atoms with Crippen molar-refractivity contribution in [3.05, 3.63) is 0 Å². The number of rotatable bonds is 2. The minimum Gasteiger partial charge on any atom is -0.389 e. The van der Waals surface area contributed by atoms with Crippen LogP contribution in [0.4, 0.5) is 0 Å². The maximum atomic E-state index is 9.25. The number of aliphatic hydroxyl groups is 1. The molecule has 0 aromatic rings. The highest BCUT2D eigenvalue weighted by Crippen LogP contribution is 2.06. The van der Waals surface area contributed by atoms with Crippen LogP contribution in [0, 0.1) is 0 Å². The minimum absolute atomic E-state index is 0. The smallest absolute Gasteiger partial charge is 0.0973 e. The van der Waals surface area contributed by atoms with Crippen LogP contribution in [0.5, 0.6) is 0 Å². The van der Waals surface area contributed by atoms with Crippen molar-refractivity contribution < 1.29 is 9.84 Å². The van der Waals surface area contributed by atoms with E-state index in [4.69, 9.17) is 4.74 Å². The molecule has 2 N–H and O–H groups in total. The molecule has 1 aliphatic heterocycles. The molecule has 0 aromatic carbocycles. The zero-order valence-electron chi connectivity index (χ0n) is 6.91. The van der Waals surface area contributed by atoms with Crippen molar-refractivity contribution >= 4 is 12.4 Å². The monoisotopic (exact) mass is 181 g/mol. The molecular formula is C7H16ClNO2. The Morgan fingerprint density at radius 1 is 1.45 bits per heavy atom. The van der Waals surface area contributed by atoms with Crippen molar-refractivity contribution in [3.63, 3.8) is 0 Å². The third kappa shape index (κ3) is 3.38. The Balaban J connectivity index is 0.000001000. The molecule has 1 rings (SSSR count). The molecule has 4 heteroatoms. The summed E-state index contributed by atoms with van der Waals surface area (Å²) in [5.41, 5.74) is 0. The van der Waals surface area contributed by atoms with Gasteiger partial charge in [-0.2, -0.15) is 0 Å². The zero-order valence-corrected chi connectivity index (χ0v) is 7.73. The van der Waals surface area contributed by atoms with Crippen LogP contribution in [-0.2, 0) is 4.74 Å². The van der Waals surface area contributed by atoms with E-state index in [2.05, 4.69) is 5.32 Å². The molecule has 0 saturated carbocycles. The lowest BCUT2D eigenvalue weighted by Gasteiger charge is -2.16. The van der Waals surface area contributed by atoms with Crippen LogP contribution in [-0.4, -0.2) is 36.5 Å². The van der Waals surface area contributed by atoms with Gasteiger partial charge in [0.2, 0.25) is 0 Å². The van der Waals surface area contributed by atoms with E-state index in [1.807, 2.05) is 13.8 Å². The van der Waals surface area contributed by atoms with Crippen molar-refractivity contribution in [2.24, 2.45) is 0 Å². The van der Waals surface area contributed by atoms with E-state index in [1.54, 1.807) is 0 Å². The van der Waals surface area contributed by atoms with Gasteiger partial charge in [0.25, 0.3) is 0 Å². The van der Waals surface area contributed by atoms with Crippen LogP contribution >= 0.6 is 12.4 Å². The van der Waals surface area contributed by atoms with Gasteiger partial charge < -0.3 is 15.2 Å². The summed E-state index contributed by atoms with van der Waals surface area (Å²) >= 11 is 0. The Bertz CT molecular complexity index is 111. The summed E-state index contributed by atoms with van der Waals surface area (Å²) in [6, 6.07) is 0. The van der Waals surface area contributed by atoms with Crippen molar-refractivity contribution in [2.75, 3.05) is 13.1 Å². The predicted molar refractivity (Wildman–Crippen MR) is 46.1 cm³/mol. The van der Waals surface area contributed by atoms with E-state index in [1.165, 1.54) is 0 Å². The van der Waals surface area contributed by atoms with E-state index in [-0.39, 0.29) is 30.7 Å². The standard InChI is InChI=1S/C7H15NO2.ClH/c1-5(2)10-7-4-8-3-6(7)9;/h5-9H,3-4H2,1-2H3;1H. The molecule has 1 fully saturated rings. The molecule has 0 aliphatic carbocycles. The predicted octanol–water partition coefficient (Wildman–Crippen LogP) is 0.166. The fourth-order valence-corrected chi connectivity index (χ4v) is 1.13. The maximum Gasteiger partial charge on any atom is 0.0973 e. The summed E-state index contributed by atoms with van der Waals surface area (Å²) in [5, 5.41) is 12.3. The third-order valence-corrected chi connectivity index (χ3v) is 1.58. The number of aliphatic hydroxyl groups excluding tert-OH is 1. The second-order valence-corrected chi connectivity index (χ2v) is 2.95. The van der Waals surface area contributed by atoms with Crippen LogP contribution < -0.4 is 5.32 Å². The zero-order chi connectivity index (χ0) is 7.56. The van der Waals surface area contributed by atoms with Gasteiger partial charge in [-0.05, 0) is 13.8 Å². The Labute approximate surface area is 73.5 Å². The first kappa shape index (κ1) is 11.2. The molecule has 1 saturated heterocycles. The second-order valence-electron chi connectivity index (χ2n) is 2.95. The SMILES string of the molecule is CC(C)OC1CNCC1O.Cl. The van der Waals surface area contributed by atoms with Crippen LogP contribution in [0.2, 0.25) is 0 Å². The molecule has 11 heavy (non-hydrogen) atoms. The van der Waals surface area contributed by atoms with E-state index in [0.29, 0.717) is 6.54 Å². The van der Waals surface area contributed by atoms with Gasteiger partial charge in [-0.3, -0.25) is 0 Å². The molecule has 0 spiro atoms. The number of nitrogens with one attached hydrogen (secondary N) is 1. The first-order chi connectivity index (χ1) is 4.70. The highest BCUT2D eigenvalue weighted by Gasteiger charge is 2.25. The lowest BCUT2D eigenvalue weighted by Crippen LogP contribution is -2.29. The summed E-state index contributed by atoms with van der Waals surface area (Å²) in [6.45, 7) is 5.40. The largest absolute Gasteiger partial charge is 0.389 e. The van der Waals surface area contributed by atoms with Gasteiger partial charge in [-0.1, -0.05) is 0 Å². The third-order valence-electron chi connectivity index (χ3n) is 1.58. The highest BCUT2D eigenvalue weighted by molar-refractivity contribution is 5.85. The average molecular weight is 182 g/mol. The molecule has 2 unspecified atom stereocenters. The second kappa shape index (κ2) is 4.93. The summed E-state index contributed by atoms with van der Waals surface area (Å²) in [5.74, 6) is 0. The maximum absolute atomic E-state index is 9.25. The van der Waals surface area contributed by atoms with Crippen LogP contribution in [0.1, 0.15) is 13.8 Å². The summed E-state index contributed by atoms with van der Waals surface area (Å²) < 4.78 is 5.41. The number of hydrogen-bond donors (Lipinski definition) is 2. The number of ether oxygens (including phenoxy) is 1. The highest BCUT2D eigenvalue weighted by atomic mass is 35.5. The fourth-order valence-electron chi connectivity index (χ4n) is 1.13.